The van der Waals surface area contributed by atoms with Crippen LogP contribution in [0.5, 0.6) is 0 Å². The number of aliphatic hydroxyl groups is 3. The number of rotatable bonds is 7. The third-order valence-electron chi connectivity index (χ3n) is 7.28. The van der Waals surface area contributed by atoms with Crippen molar-refractivity contribution in [1.29, 1.82) is 0 Å². The predicted molar refractivity (Wildman–Crippen MR) is 125 cm³/mol. The van der Waals surface area contributed by atoms with Crippen molar-refractivity contribution in [3.63, 3.8) is 0 Å². The fourth-order valence-corrected chi connectivity index (χ4v) is 8.00. The topological polar surface area (TPSA) is 124 Å². The highest BCUT2D eigenvalue weighted by molar-refractivity contribution is 7.92. The molecule has 0 spiro atoms. The van der Waals surface area contributed by atoms with Crippen molar-refractivity contribution in [3.05, 3.63) is 58.4 Å². The SMILES string of the molecule is O=C(Nc1cc(F)c(F)c(F)c1)c1ccc(Cl)c(S(=O)(=O)[C@@H]2CC3CC[C@@H](C2)C3C(O)C(O)CO)c1. The van der Waals surface area contributed by atoms with Crippen molar-refractivity contribution in [3.8, 4) is 0 Å². The van der Waals surface area contributed by atoms with E-state index in [1.165, 1.54) is 12.1 Å². The first-order valence-electron chi connectivity index (χ1n) is 11.4. The summed E-state index contributed by atoms with van der Waals surface area (Å²) in [6.45, 7) is -0.597. The van der Waals surface area contributed by atoms with Gasteiger partial charge >= 0.3 is 0 Å². The number of fused-ring (bicyclic) bond motifs is 2. The summed E-state index contributed by atoms with van der Waals surface area (Å²) in [6.07, 6.45) is -0.666. The molecule has 0 aliphatic heterocycles. The smallest absolute Gasteiger partial charge is 0.255 e. The molecule has 2 saturated carbocycles. The van der Waals surface area contributed by atoms with E-state index in [2.05, 4.69) is 5.32 Å². The Morgan fingerprint density at radius 1 is 1.06 bits per heavy atom. The molecule has 2 bridgehead atoms. The van der Waals surface area contributed by atoms with Crippen LogP contribution in [0.15, 0.2) is 35.2 Å². The van der Waals surface area contributed by atoms with E-state index in [1.807, 2.05) is 0 Å². The molecule has 196 valence electrons. The van der Waals surface area contributed by atoms with E-state index in [9.17, 15) is 41.7 Å². The van der Waals surface area contributed by atoms with Gasteiger partial charge in [-0.1, -0.05) is 11.6 Å². The van der Waals surface area contributed by atoms with Gasteiger partial charge in [0.25, 0.3) is 5.91 Å². The van der Waals surface area contributed by atoms with Gasteiger partial charge in [-0.3, -0.25) is 4.79 Å². The molecular weight excluding hydrogens is 523 g/mol. The van der Waals surface area contributed by atoms with Gasteiger partial charge in [0.1, 0.15) is 6.10 Å². The first kappa shape index (κ1) is 26.9. The molecule has 2 aromatic carbocycles. The number of nitrogens with one attached hydrogen (secondary N) is 1. The van der Waals surface area contributed by atoms with Crippen molar-refractivity contribution in [1.82, 2.24) is 0 Å². The van der Waals surface area contributed by atoms with Crippen LogP contribution in [0.4, 0.5) is 18.9 Å². The van der Waals surface area contributed by atoms with Crippen molar-refractivity contribution in [2.24, 2.45) is 17.8 Å². The summed E-state index contributed by atoms with van der Waals surface area (Å²) in [5.74, 6) is -6.23. The molecule has 0 heterocycles. The van der Waals surface area contributed by atoms with Crippen molar-refractivity contribution in [2.45, 2.75) is 48.0 Å². The highest BCUT2D eigenvalue weighted by Gasteiger charge is 2.50. The molecule has 7 nitrogen and oxygen atoms in total. The second-order valence-electron chi connectivity index (χ2n) is 9.41. The van der Waals surface area contributed by atoms with E-state index >= 15 is 0 Å². The van der Waals surface area contributed by atoms with Gasteiger partial charge in [0.2, 0.25) is 0 Å². The van der Waals surface area contributed by atoms with Gasteiger partial charge in [0.15, 0.2) is 27.3 Å². The maximum atomic E-state index is 13.5. The molecule has 2 aliphatic carbocycles. The van der Waals surface area contributed by atoms with Gasteiger partial charge in [0.05, 0.1) is 27.9 Å². The lowest BCUT2D eigenvalue weighted by atomic mass is 9.74. The Morgan fingerprint density at radius 2 is 1.64 bits per heavy atom. The van der Waals surface area contributed by atoms with Crippen LogP contribution in [-0.4, -0.2) is 53.7 Å². The molecular formula is C24H25ClF3NO6S. The molecule has 0 radical (unpaired) electrons. The van der Waals surface area contributed by atoms with Crippen LogP contribution in [0.25, 0.3) is 0 Å². The summed E-state index contributed by atoms with van der Waals surface area (Å²) in [6, 6.07) is 4.76. The van der Waals surface area contributed by atoms with Crippen molar-refractivity contribution < 1.29 is 41.7 Å². The largest absolute Gasteiger partial charge is 0.394 e. The number of carbonyl (C=O) groups is 1. The summed E-state index contributed by atoms with van der Waals surface area (Å²) in [7, 11) is -4.02. The number of hydrogen-bond donors (Lipinski definition) is 4. The predicted octanol–water partition coefficient (Wildman–Crippen LogP) is 3.30. The molecule has 6 atom stereocenters. The Balaban J connectivity index is 1.56. The average Bonchev–Trinajstić information content (AvgIpc) is 3.09. The van der Waals surface area contributed by atoms with Crippen molar-refractivity contribution >= 4 is 33.0 Å². The molecule has 4 N–H and O–H groups in total. The highest BCUT2D eigenvalue weighted by atomic mass is 35.5. The third kappa shape index (κ3) is 4.99. The first-order valence-corrected chi connectivity index (χ1v) is 13.3. The minimum absolute atomic E-state index is 0.101. The number of halogens is 4. The van der Waals surface area contributed by atoms with Crippen LogP contribution < -0.4 is 5.32 Å². The van der Waals surface area contributed by atoms with Crippen LogP contribution in [0.1, 0.15) is 36.0 Å². The summed E-state index contributed by atoms with van der Waals surface area (Å²) in [5, 5.41) is 30.8. The van der Waals surface area contributed by atoms with Gasteiger partial charge < -0.3 is 20.6 Å². The summed E-state index contributed by atoms with van der Waals surface area (Å²) in [5.41, 5.74) is -0.490. The van der Waals surface area contributed by atoms with Crippen molar-refractivity contribution in [2.75, 3.05) is 11.9 Å². The number of amides is 1. The zero-order valence-corrected chi connectivity index (χ0v) is 20.4. The molecule has 4 rings (SSSR count). The first-order chi connectivity index (χ1) is 16.9. The molecule has 2 aromatic rings. The fourth-order valence-electron chi connectivity index (χ4n) is 5.57. The quantitative estimate of drug-likeness (QED) is 0.394. The molecule has 36 heavy (non-hydrogen) atoms. The highest BCUT2D eigenvalue weighted by Crippen LogP contribution is 2.51. The molecule has 0 aromatic heterocycles. The van der Waals surface area contributed by atoms with Gasteiger partial charge in [0, 0.05) is 23.4 Å². The summed E-state index contributed by atoms with van der Waals surface area (Å²) < 4.78 is 67.2. The summed E-state index contributed by atoms with van der Waals surface area (Å²) in [4.78, 5) is 12.4. The van der Waals surface area contributed by atoms with E-state index in [0.29, 0.717) is 25.0 Å². The van der Waals surface area contributed by atoms with E-state index in [4.69, 9.17) is 11.6 Å². The maximum absolute atomic E-state index is 13.5. The van der Waals surface area contributed by atoms with Crippen LogP contribution >= 0.6 is 11.6 Å². The molecule has 2 fully saturated rings. The lowest BCUT2D eigenvalue weighted by Gasteiger charge is -2.38. The minimum atomic E-state index is -4.02. The third-order valence-corrected chi connectivity index (χ3v) is 9.94. The second kappa shape index (κ2) is 10.3. The van der Waals surface area contributed by atoms with Crippen LogP contribution in [-0.2, 0) is 9.84 Å². The average molecular weight is 548 g/mol. The summed E-state index contributed by atoms with van der Waals surface area (Å²) >= 11 is 6.20. The number of aliphatic hydroxyl groups excluding tert-OH is 3. The van der Waals surface area contributed by atoms with Gasteiger partial charge in [-0.15, -0.1) is 0 Å². The lowest BCUT2D eigenvalue weighted by molar-refractivity contribution is -0.0684. The number of carbonyl (C=O) groups excluding carboxylic acids is 1. The Hall–Kier alpha value is -2.18. The van der Waals surface area contributed by atoms with Gasteiger partial charge in [-0.05, 0) is 61.6 Å². The van der Waals surface area contributed by atoms with Gasteiger partial charge in [-0.25, -0.2) is 21.6 Å². The van der Waals surface area contributed by atoms with E-state index in [1.54, 1.807) is 0 Å². The lowest BCUT2D eigenvalue weighted by Crippen LogP contribution is -2.45. The molecule has 4 unspecified atom stereocenters. The van der Waals surface area contributed by atoms with Crippen LogP contribution in [0.2, 0.25) is 5.02 Å². The molecule has 0 saturated heterocycles. The minimum Gasteiger partial charge on any atom is -0.394 e. The second-order valence-corrected chi connectivity index (χ2v) is 12.0. The number of benzene rings is 2. The number of sulfone groups is 1. The number of hydrogen-bond acceptors (Lipinski definition) is 6. The van der Waals surface area contributed by atoms with Crippen LogP contribution in [0.3, 0.4) is 0 Å². The molecule has 12 heteroatoms. The van der Waals surface area contributed by atoms with E-state index < -0.39 is 57.3 Å². The Morgan fingerprint density at radius 3 is 2.19 bits per heavy atom. The van der Waals surface area contributed by atoms with Crippen LogP contribution in [0, 0.1) is 35.2 Å². The normalized spacial score (nSPS) is 25.4. The monoisotopic (exact) mass is 547 g/mol. The Labute approximate surface area is 210 Å². The van der Waals surface area contributed by atoms with E-state index in [0.717, 1.165) is 6.07 Å². The molecule has 2 aliphatic rings. The standard InChI is InChI=1S/C24H25ClF3NO6S/c25-16-4-3-13(24(33)29-14-8-17(26)22(28)18(27)9-14)7-20(16)36(34,35)15-5-11-1-2-12(6-15)21(11)23(32)19(31)10-30/h3-4,7-9,11-12,15,19,21,23,30-32H,1-2,5-6,10H2,(H,29,33)/t11-,12?,15-,19?,21?,23?/m0/s1. The zero-order chi connectivity index (χ0) is 26.4. The Bertz CT molecular complexity index is 1240. The zero-order valence-electron chi connectivity index (χ0n) is 18.9. The number of anilines is 1. The fraction of sp³-hybridized carbons (Fsp3) is 0.458. The molecule has 1 amide bonds. The van der Waals surface area contributed by atoms with E-state index in [-0.39, 0.29) is 51.8 Å². The Kier molecular flexibility index (Phi) is 7.68. The maximum Gasteiger partial charge on any atom is 0.255 e. The van der Waals surface area contributed by atoms with Gasteiger partial charge in [-0.2, -0.15) is 0 Å².